The number of hydrogen-bond donors (Lipinski definition) is 1. The van der Waals surface area contributed by atoms with Crippen molar-refractivity contribution in [3.8, 4) is 0 Å². The van der Waals surface area contributed by atoms with Crippen molar-refractivity contribution in [1.29, 1.82) is 0 Å². The lowest BCUT2D eigenvalue weighted by Gasteiger charge is -2.18. The average molecular weight is 252 g/mol. The molecule has 0 fully saturated rings. The first-order chi connectivity index (χ1) is 9.18. The zero-order valence-electron chi connectivity index (χ0n) is 10.8. The summed E-state index contributed by atoms with van der Waals surface area (Å²) in [5.41, 5.74) is 8.25. The van der Waals surface area contributed by atoms with Gasteiger partial charge in [0.1, 0.15) is 0 Å². The van der Waals surface area contributed by atoms with Crippen LogP contribution in [0.1, 0.15) is 11.1 Å². The maximum atomic E-state index is 11.6. The van der Waals surface area contributed by atoms with Gasteiger partial charge in [0.05, 0.1) is 5.69 Å². The van der Waals surface area contributed by atoms with Gasteiger partial charge in [0.2, 0.25) is 0 Å². The maximum absolute atomic E-state index is 11.6. The lowest BCUT2D eigenvalue weighted by molar-refractivity contribution is 0.256. The van der Waals surface area contributed by atoms with Gasteiger partial charge in [-0.3, -0.25) is 4.90 Å². The highest BCUT2D eigenvalue weighted by molar-refractivity contribution is 5.94. The van der Waals surface area contributed by atoms with Gasteiger partial charge in [0.15, 0.2) is 0 Å². The molecule has 2 aromatic carbocycles. The Morgan fingerprint density at radius 3 is 2.32 bits per heavy atom. The molecular weight excluding hydrogens is 236 g/mol. The van der Waals surface area contributed by atoms with Gasteiger partial charge in [-0.2, -0.15) is 0 Å². The van der Waals surface area contributed by atoms with Crippen LogP contribution < -0.4 is 10.6 Å². The van der Waals surface area contributed by atoms with Crippen molar-refractivity contribution < 1.29 is 4.79 Å². The lowest BCUT2D eigenvalue weighted by atomic mass is 10.2. The number of para-hydroxylation sites is 1. The quantitative estimate of drug-likeness (QED) is 0.892. The number of amides is 2. The topological polar surface area (TPSA) is 46.3 Å². The highest BCUT2D eigenvalue weighted by atomic mass is 16.2. The van der Waals surface area contributed by atoms with Crippen LogP contribution in [0.2, 0.25) is 0 Å². The molecule has 0 aliphatic carbocycles. The van der Waals surface area contributed by atoms with E-state index >= 15 is 0 Å². The molecule has 0 aromatic heterocycles. The molecule has 0 unspecified atom stereocenters. The van der Waals surface area contributed by atoms with E-state index in [0.29, 0.717) is 0 Å². The van der Waals surface area contributed by atoms with Crippen LogP contribution in [0, 0.1) is 6.92 Å². The number of carbonyl (C=O) groups excluding carboxylic acids is 1. The van der Waals surface area contributed by atoms with Crippen LogP contribution in [0.3, 0.4) is 0 Å². The molecule has 2 amide bonds. The molecule has 0 atom stereocenters. The van der Waals surface area contributed by atoms with Crippen molar-refractivity contribution in [1.82, 2.24) is 0 Å². The van der Waals surface area contributed by atoms with E-state index in [0.717, 1.165) is 16.8 Å². The number of nitrogens with two attached hydrogens (primary N) is 1. The summed E-state index contributed by atoms with van der Waals surface area (Å²) in [4.78, 5) is 13.0. The number of nitrogens with zero attached hydrogens (tertiary/aromatic N) is 1. The molecule has 96 valence electrons. The SMILES string of the molecule is Cc1ccccc1N(C=Cc1ccccc1)C(N)=O. The Hall–Kier alpha value is -2.55. The van der Waals surface area contributed by atoms with Gasteiger partial charge >= 0.3 is 6.03 Å². The van der Waals surface area contributed by atoms with E-state index in [1.165, 1.54) is 4.90 Å². The summed E-state index contributed by atoms with van der Waals surface area (Å²) in [7, 11) is 0. The molecule has 0 bridgehead atoms. The van der Waals surface area contributed by atoms with Crippen molar-refractivity contribution in [3.63, 3.8) is 0 Å². The normalized spacial score (nSPS) is 10.6. The van der Waals surface area contributed by atoms with Crippen molar-refractivity contribution in [2.24, 2.45) is 5.73 Å². The number of benzene rings is 2. The third-order valence-corrected chi connectivity index (χ3v) is 2.83. The van der Waals surface area contributed by atoms with Crippen LogP contribution in [0.15, 0.2) is 60.8 Å². The van der Waals surface area contributed by atoms with Gasteiger partial charge in [0.25, 0.3) is 0 Å². The smallest absolute Gasteiger partial charge is 0.323 e. The number of aryl methyl sites for hydroxylation is 1. The molecule has 19 heavy (non-hydrogen) atoms. The van der Waals surface area contributed by atoms with Gasteiger partial charge in [0, 0.05) is 6.20 Å². The monoisotopic (exact) mass is 252 g/mol. The Bertz CT molecular complexity index is 591. The predicted molar refractivity (Wildman–Crippen MR) is 78.7 cm³/mol. The fourth-order valence-electron chi connectivity index (χ4n) is 1.83. The largest absolute Gasteiger partial charge is 0.351 e. The van der Waals surface area contributed by atoms with Gasteiger partial charge in [-0.05, 0) is 30.2 Å². The second-order valence-corrected chi connectivity index (χ2v) is 4.22. The molecule has 2 aromatic rings. The number of urea groups is 1. The summed E-state index contributed by atoms with van der Waals surface area (Å²) >= 11 is 0. The first-order valence-corrected chi connectivity index (χ1v) is 6.06. The molecule has 0 heterocycles. The van der Waals surface area contributed by atoms with E-state index in [9.17, 15) is 4.79 Å². The maximum Gasteiger partial charge on any atom is 0.323 e. The van der Waals surface area contributed by atoms with Crippen LogP contribution in [-0.4, -0.2) is 6.03 Å². The standard InChI is InChI=1S/C16H16N2O/c1-13-7-5-6-10-15(13)18(16(17)19)12-11-14-8-3-2-4-9-14/h2-12H,1H3,(H2,17,19). The van der Waals surface area contributed by atoms with Crippen molar-refractivity contribution in [2.45, 2.75) is 6.92 Å². The molecule has 3 heteroatoms. The Kier molecular flexibility index (Phi) is 3.98. The van der Waals surface area contributed by atoms with E-state index in [4.69, 9.17) is 5.73 Å². The van der Waals surface area contributed by atoms with E-state index in [-0.39, 0.29) is 0 Å². The summed E-state index contributed by atoms with van der Waals surface area (Å²) in [6.45, 7) is 1.95. The Labute approximate surface area is 113 Å². The molecule has 0 aliphatic heterocycles. The van der Waals surface area contributed by atoms with Crippen molar-refractivity contribution in [3.05, 3.63) is 71.9 Å². The predicted octanol–water partition coefficient (Wildman–Crippen LogP) is 3.55. The molecule has 0 saturated heterocycles. The molecule has 0 radical (unpaired) electrons. The summed E-state index contributed by atoms with van der Waals surface area (Å²) < 4.78 is 0. The Balaban J connectivity index is 2.30. The Morgan fingerprint density at radius 2 is 1.68 bits per heavy atom. The molecule has 0 aliphatic rings. The van der Waals surface area contributed by atoms with E-state index in [1.807, 2.05) is 67.6 Å². The number of primary amides is 1. The molecular formula is C16H16N2O. The van der Waals surface area contributed by atoms with Crippen LogP contribution in [-0.2, 0) is 0 Å². The van der Waals surface area contributed by atoms with Crippen LogP contribution in [0.5, 0.6) is 0 Å². The van der Waals surface area contributed by atoms with Gasteiger partial charge in [-0.1, -0.05) is 48.5 Å². The molecule has 2 rings (SSSR count). The minimum Gasteiger partial charge on any atom is -0.351 e. The third kappa shape index (κ3) is 3.22. The second kappa shape index (κ2) is 5.87. The summed E-state index contributed by atoms with van der Waals surface area (Å²) in [6, 6.07) is 16.9. The van der Waals surface area contributed by atoms with E-state index < -0.39 is 6.03 Å². The van der Waals surface area contributed by atoms with E-state index in [1.54, 1.807) is 6.20 Å². The minimum absolute atomic E-state index is 0.499. The number of hydrogen-bond acceptors (Lipinski definition) is 1. The highest BCUT2D eigenvalue weighted by Gasteiger charge is 2.10. The second-order valence-electron chi connectivity index (χ2n) is 4.22. The zero-order chi connectivity index (χ0) is 13.7. The van der Waals surface area contributed by atoms with Crippen molar-refractivity contribution in [2.75, 3.05) is 4.90 Å². The van der Waals surface area contributed by atoms with Crippen LogP contribution in [0.4, 0.5) is 10.5 Å². The lowest BCUT2D eigenvalue weighted by Crippen LogP contribution is -2.31. The van der Waals surface area contributed by atoms with E-state index in [2.05, 4.69) is 0 Å². The van der Waals surface area contributed by atoms with Gasteiger partial charge in [-0.25, -0.2) is 4.79 Å². The number of carbonyl (C=O) groups is 1. The highest BCUT2D eigenvalue weighted by Crippen LogP contribution is 2.20. The average Bonchev–Trinajstić information content (AvgIpc) is 2.42. The molecule has 0 saturated carbocycles. The molecule has 3 nitrogen and oxygen atoms in total. The van der Waals surface area contributed by atoms with Gasteiger partial charge in [-0.15, -0.1) is 0 Å². The van der Waals surface area contributed by atoms with Crippen LogP contribution >= 0.6 is 0 Å². The first-order valence-electron chi connectivity index (χ1n) is 6.06. The fraction of sp³-hybridized carbons (Fsp3) is 0.0625. The van der Waals surface area contributed by atoms with Crippen LogP contribution in [0.25, 0.3) is 6.08 Å². The number of anilines is 1. The molecule has 2 N–H and O–H groups in total. The zero-order valence-corrected chi connectivity index (χ0v) is 10.8. The number of rotatable bonds is 3. The fourth-order valence-corrected chi connectivity index (χ4v) is 1.83. The summed E-state index contributed by atoms with van der Waals surface area (Å²) in [5, 5.41) is 0. The first kappa shape index (κ1) is 12.9. The van der Waals surface area contributed by atoms with Gasteiger partial charge < -0.3 is 5.73 Å². The minimum atomic E-state index is -0.499. The third-order valence-electron chi connectivity index (χ3n) is 2.83. The van der Waals surface area contributed by atoms with Crippen molar-refractivity contribution >= 4 is 17.8 Å². The summed E-state index contributed by atoms with van der Waals surface area (Å²) in [5.74, 6) is 0. The summed E-state index contributed by atoms with van der Waals surface area (Å²) in [6.07, 6.45) is 3.55. The molecule has 0 spiro atoms. The Morgan fingerprint density at radius 1 is 1.05 bits per heavy atom.